The van der Waals surface area contributed by atoms with Crippen LogP contribution in [0.1, 0.15) is 18.4 Å². The maximum absolute atomic E-state index is 12.4. The molecule has 0 atom stereocenters. The average molecular weight is 241 g/mol. The van der Waals surface area contributed by atoms with E-state index in [1.807, 2.05) is 0 Å². The minimum Gasteiger partial charge on any atom is -0.371 e. The van der Waals surface area contributed by atoms with Gasteiger partial charge in [0.15, 0.2) is 0 Å². The predicted octanol–water partition coefficient (Wildman–Crippen LogP) is 3.86. The van der Waals surface area contributed by atoms with Crippen LogP contribution < -0.4 is 4.90 Å². The lowest BCUT2D eigenvalue weighted by Gasteiger charge is -2.23. The molecule has 4 heteroatoms. The third kappa shape index (κ3) is 3.02. The van der Waals surface area contributed by atoms with Gasteiger partial charge in [-0.1, -0.05) is 12.2 Å². The van der Waals surface area contributed by atoms with Crippen LogP contribution in [0, 0.1) is 0 Å². The fourth-order valence-electron chi connectivity index (χ4n) is 1.93. The van der Waals surface area contributed by atoms with Crippen molar-refractivity contribution in [2.45, 2.75) is 19.0 Å². The number of hydrogen-bond acceptors (Lipinski definition) is 1. The number of benzene rings is 1. The van der Waals surface area contributed by atoms with Gasteiger partial charge in [-0.25, -0.2) is 0 Å². The Balaban J connectivity index is 2.12. The van der Waals surface area contributed by atoms with E-state index in [1.54, 1.807) is 12.1 Å². The summed E-state index contributed by atoms with van der Waals surface area (Å²) >= 11 is 0. The molecule has 0 bridgehead atoms. The van der Waals surface area contributed by atoms with E-state index in [4.69, 9.17) is 0 Å². The van der Waals surface area contributed by atoms with Gasteiger partial charge in [0.25, 0.3) is 0 Å². The van der Waals surface area contributed by atoms with E-state index in [0.717, 1.165) is 43.8 Å². The molecular weight excluding hydrogens is 227 g/mol. The highest BCUT2D eigenvalue weighted by Gasteiger charge is 2.30. The van der Waals surface area contributed by atoms with Crippen molar-refractivity contribution in [1.29, 1.82) is 0 Å². The van der Waals surface area contributed by atoms with Gasteiger partial charge in [0.2, 0.25) is 0 Å². The van der Waals surface area contributed by atoms with E-state index in [2.05, 4.69) is 17.1 Å². The number of halogens is 3. The number of nitrogens with zero attached hydrogens (tertiary/aromatic N) is 1. The zero-order valence-electron chi connectivity index (χ0n) is 9.37. The Hall–Kier alpha value is -1.45. The monoisotopic (exact) mass is 241 g/mol. The first-order valence-corrected chi connectivity index (χ1v) is 5.64. The number of hydrogen-bond donors (Lipinski definition) is 0. The Kier molecular flexibility index (Phi) is 3.41. The standard InChI is InChI=1S/C13H14F3N/c14-13(15,16)11-5-7-12(8-6-11)17-9-3-1-2-4-10-17/h1-2,5-8H,3-4,9-10H2. The lowest BCUT2D eigenvalue weighted by Crippen LogP contribution is -2.24. The van der Waals surface area contributed by atoms with Crippen LogP contribution in [-0.2, 0) is 6.18 Å². The van der Waals surface area contributed by atoms with Gasteiger partial charge in [-0.3, -0.25) is 0 Å². The summed E-state index contributed by atoms with van der Waals surface area (Å²) in [6, 6.07) is 5.39. The van der Waals surface area contributed by atoms with E-state index in [0.29, 0.717) is 0 Å². The smallest absolute Gasteiger partial charge is 0.371 e. The molecule has 0 aromatic heterocycles. The van der Waals surface area contributed by atoms with E-state index >= 15 is 0 Å². The van der Waals surface area contributed by atoms with Gasteiger partial charge in [0.1, 0.15) is 0 Å². The second-order valence-corrected chi connectivity index (χ2v) is 4.08. The lowest BCUT2D eigenvalue weighted by molar-refractivity contribution is -0.137. The summed E-state index contributed by atoms with van der Waals surface area (Å²) in [5.41, 5.74) is 0.274. The first kappa shape index (κ1) is 12.0. The van der Waals surface area contributed by atoms with Crippen LogP contribution in [-0.4, -0.2) is 13.1 Å². The zero-order chi connectivity index (χ0) is 12.3. The molecule has 0 N–H and O–H groups in total. The molecule has 0 aliphatic carbocycles. The van der Waals surface area contributed by atoms with Gasteiger partial charge in [-0.15, -0.1) is 0 Å². The molecule has 0 unspecified atom stereocenters. The highest BCUT2D eigenvalue weighted by atomic mass is 19.4. The lowest BCUT2D eigenvalue weighted by atomic mass is 10.2. The van der Waals surface area contributed by atoms with Crippen LogP contribution in [0.3, 0.4) is 0 Å². The molecule has 1 nitrogen and oxygen atoms in total. The van der Waals surface area contributed by atoms with Crippen LogP contribution in [0.5, 0.6) is 0 Å². The molecule has 1 aliphatic heterocycles. The van der Waals surface area contributed by atoms with Crippen molar-refractivity contribution < 1.29 is 13.2 Å². The van der Waals surface area contributed by atoms with Crippen molar-refractivity contribution in [3.8, 4) is 0 Å². The Labute approximate surface area is 98.5 Å². The van der Waals surface area contributed by atoms with Gasteiger partial charge in [-0.05, 0) is 37.1 Å². The molecule has 0 fully saturated rings. The second-order valence-electron chi connectivity index (χ2n) is 4.08. The van der Waals surface area contributed by atoms with E-state index < -0.39 is 11.7 Å². The van der Waals surface area contributed by atoms with Gasteiger partial charge >= 0.3 is 6.18 Å². The minimum absolute atomic E-state index is 0.589. The van der Waals surface area contributed by atoms with Crippen LogP contribution in [0.4, 0.5) is 18.9 Å². The van der Waals surface area contributed by atoms with E-state index in [-0.39, 0.29) is 0 Å². The van der Waals surface area contributed by atoms with Crippen molar-refractivity contribution in [2.75, 3.05) is 18.0 Å². The minimum atomic E-state index is -4.25. The summed E-state index contributed by atoms with van der Waals surface area (Å²) in [7, 11) is 0. The molecule has 17 heavy (non-hydrogen) atoms. The van der Waals surface area contributed by atoms with Gasteiger partial charge in [0.05, 0.1) is 5.56 Å². The highest BCUT2D eigenvalue weighted by Crippen LogP contribution is 2.30. The molecule has 0 spiro atoms. The largest absolute Gasteiger partial charge is 0.416 e. The van der Waals surface area contributed by atoms with E-state index in [9.17, 15) is 13.2 Å². The van der Waals surface area contributed by atoms with Crippen molar-refractivity contribution in [3.05, 3.63) is 42.0 Å². The maximum Gasteiger partial charge on any atom is 0.416 e. The second kappa shape index (κ2) is 4.82. The Morgan fingerprint density at radius 3 is 1.88 bits per heavy atom. The van der Waals surface area contributed by atoms with Gasteiger partial charge in [0, 0.05) is 18.8 Å². The van der Waals surface area contributed by atoms with E-state index in [1.165, 1.54) is 0 Å². The summed E-state index contributed by atoms with van der Waals surface area (Å²) in [5.74, 6) is 0. The summed E-state index contributed by atoms with van der Waals surface area (Å²) in [6.45, 7) is 1.73. The third-order valence-electron chi connectivity index (χ3n) is 2.86. The van der Waals surface area contributed by atoms with Crippen LogP contribution in [0.15, 0.2) is 36.4 Å². The summed E-state index contributed by atoms with van der Waals surface area (Å²) < 4.78 is 37.2. The number of alkyl halides is 3. The maximum atomic E-state index is 12.4. The average Bonchev–Trinajstić information content (AvgIpc) is 2.56. The molecular formula is C13H14F3N. The van der Waals surface area contributed by atoms with Crippen molar-refractivity contribution >= 4 is 5.69 Å². The molecule has 2 rings (SSSR count). The topological polar surface area (TPSA) is 3.24 Å². The van der Waals surface area contributed by atoms with Gasteiger partial charge in [-0.2, -0.15) is 13.2 Å². The first-order valence-electron chi connectivity index (χ1n) is 5.64. The number of rotatable bonds is 1. The van der Waals surface area contributed by atoms with Crippen molar-refractivity contribution in [1.82, 2.24) is 0 Å². The quantitative estimate of drug-likeness (QED) is 0.675. The Bertz CT molecular complexity index is 382. The van der Waals surface area contributed by atoms with Crippen LogP contribution in [0.25, 0.3) is 0 Å². The molecule has 1 aromatic rings. The Morgan fingerprint density at radius 1 is 0.882 bits per heavy atom. The molecule has 0 saturated heterocycles. The summed E-state index contributed by atoms with van der Waals surface area (Å²) in [4.78, 5) is 2.11. The molecule has 0 amide bonds. The fourth-order valence-corrected chi connectivity index (χ4v) is 1.93. The molecule has 92 valence electrons. The first-order chi connectivity index (χ1) is 8.07. The van der Waals surface area contributed by atoms with Crippen LogP contribution in [0.2, 0.25) is 0 Å². The normalized spacial score (nSPS) is 17.0. The molecule has 1 heterocycles. The predicted molar refractivity (Wildman–Crippen MR) is 62.0 cm³/mol. The fraction of sp³-hybridized carbons (Fsp3) is 0.385. The van der Waals surface area contributed by atoms with Crippen LogP contribution >= 0.6 is 0 Å². The molecule has 0 radical (unpaired) electrons. The molecule has 1 aliphatic rings. The van der Waals surface area contributed by atoms with Gasteiger partial charge < -0.3 is 4.90 Å². The highest BCUT2D eigenvalue weighted by molar-refractivity contribution is 5.48. The van der Waals surface area contributed by atoms with Crippen molar-refractivity contribution in [2.24, 2.45) is 0 Å². The number of anilines is 1. The van der Waals surface area contributed by atoms with Crippen molar-refractivity contribution in [3.63, 3.8) is 0 Å². The SMILES string of the molecule is FC(F)(F)c1ccc(N2CCC=CCC2)cc1. The molecule has 0 saturated carbocycles. The summed E-state index contributed by atoms with van der Waals surface area (Å²) in [6.07, 6.45) is 1.87. The Morgan fingerprint density at radius 2 is 1.41 bits per heavy atom. The zero-order valence-corrected chi connectivity index (χ0v) is 9.37. The third-order valence-corrected chi connectivity index (χ3v) is 2.86. The molecule has 1 aromatic carbocycles. The summed E-state index contributed by atoms with van der Waals surface area (Å²) in [5, 5.41) is 0.